The van der Waals surface area contributed by atoms with E-state index in [0.29, 0.717) is 6.54 Å². The molecule has 2 aliphatic rings. The molecular formula is C13H21N3S. The summed E-state index contributed by atoms with van der Waals surface area (Å²) in [6, 6.07) is 5.25. The summed E-state index contributed by atoms with van der Waals surface area (Å²) in [5.74, 6) is 0. The van der Waals surface area contributed by atoms with Gasteiger partial charge in [-0.2, -0.15) is 0 Å². The summed E-state index contributed by atoms with van der Waals surface area (Å²) < 4.78 is 0. The Hall–Kier alpha value is -0.420. The predicted molar refractivity (Wildman–Crippen MR) is 72.1 cm³/mol. The first-order valence-electron chi connectivity index (χ1n) is 6.59. The lowest BCUT2D eigenvalue weighted by molar-refractivity contribution is 0.100. The molecule has 2 aliphatic heterocycles. The van der Waals surface area contributed by atoms with Gasteiger partial charge in [0, 0.05) is 48.5 Å². The standard InChI is InChI=1S/C13H21N3S/c14-8-12-3-4-13(17-12)10-15-6-7-16-5-1-2-11(16)9-15/h3-4,11H,1-2,5-10,14H2. The summed E-state index contributed by atoms with van der Waals surface area (Å²) in [5, 5.41) is 0. The van der Waals surface area contributed by atoms with E-state index in [2.05, 4.69) is 21.9 Å². The van der Waals surface area contributed by atoms with E-state index in [1.807, 2.05) is 11.3 Å². The molecule has 1 unspecified atom stereocenters. The van der Waals surface area contributed by atoms with E-state index >= 15 is 0 Å². The molecule has 2 fully saturated rings. The van der Waals surface area contributed by atoms with Gasteiger partial charge in [0.2, 0.25) is 0 Å². The minimum Gasteiger partial charge on any atom is -0.326 e. The van der Waals surface area contributed by atoms with Gasteiger partial charge in [-0.05, 0) is 31.5 Å². The number of fused-ring (bicyclic) bond motifs is 1. The smallest absolute Gasteiger partial charge is 0.0329 e. The molecule has 1 aromatic rings. The van der Waals surface area contributed by atoms with Crippen LogP contribution >= 0.6 is 11.3 Å². The Kier molecular flexibility index (Phi) is 3.47. The third-order valence-corrected chi connectivity index (χ3v) is 5.06. The summed E-state index contributed by atoms with van der Waals surface area (Å²) >= 11 is 1.87. The number of rotatable bonds is 3. The van der Waals surface area contributed by atoms with E-state index in [0.717, 1.165) is 12.6 Å². The van der Waals surface area contributed by atoms with E-state index in [1.165, 1.54) is 48.8 Å². The maximum atomic E-state index is 5.66. The quantitative estimate of drug-likeness (QED) is 0.883. The van der Waals surface area contributed by atoms with Crippen LogP contribution in [0.3, 0.4) is 0 Å². The Balaban J connectivity index is 1.58. The van der Waals surface area contributed by atoms with Crippen LogP contribution < -0.4 is 5.73 Å². The molecule has 0 bridgehead atoms. The minimum atomic E-state index is 0.682. The molecule has 3 nitrogen and oxygen atoms in total. The van der Waals surface area contributed by atoms with Crippen LogP contribution in [0, 0.1) is 0 Å². The normalized spacial score (nSPS) is 26.3. The molecule has 0 aliphatic carbocycles. The molecule has 1 aromatic heterocycles. The van der Waals surface area contributed by atoms with Gasteiger partial charge in [-0.25, -0.2) is 0 Å². The number of hydrogen-bond acceptors (Lipinski definition) is 4. The zero-order valence-corrected chi connectivity index (χ0v) is 11.1. The Labute approximate surface area is 107 Å². The Morgan fingerprint density at radius 2 is 2.12 bits per heavy atom. The molecule has 0 aromatic carbocycles. The van der Waals surface area contributed by atoms with E-state index in [4.69, 9.17) is 5.73 Å². The lowest BCUT2D eigenvalue weighted by Crippen LogP contribution is -2.49. The number of hydrogen-bond donors (Lipinski definition) is 1. The minimum absolute atomic E-state index is 0.682. The molecule has 2 saturated heterocycles. The topological polar surface area (TPSA) is 32.5 Å². The fourth-order valence-corrected chi connectivity index (χ4v) is 3.98. The molecule has 0 radical (unpaired) electrons. The van der Waals surface area contributed by atoms with Crippen LogP contribution in [0.1, 0.15) is 22.6 Å². The molecule has 1 atom stereocenters. The zero-order valence-electron chi connectivity index (χ0n) is 10.3. The van der Waals surface area contributed by atoms with Crippen molar-refractivity contribution in [2.45, 2.75) is 32.0 Å². The van der Waals surface area contributed by atoms with Crippen molar-refractivity contribution in [1.82, 2.24) is 9.80 Å². The fraction of sp³-hybridized carbons (Fsp3) is 0.692. The van der Waals surface area contributed by atoms with E-state index < -0.39 is 0 Å². The average molecular weight is 251 g/mol. The molecule has 3 rings (SSSR count). The van der Waals surface area contributed by atoms with Crippen molar-refractivity contribution in [3.8, 4) is 0 Å². The third kappa shape index (κ3) is 2.55. The maximum Gasteiger partial charge on any atom is 0.0329 e. The van der Waals surface area contributed by atoms with E-state index in [-0.39, 0.29) is 0 Å². The van der Waals surface area contributed by atoms with Gasteiger partial charge < -0.3 is 5.73 Å². The zero-order chi connectivity index (χ0) is 11.7. The predicted octanol–water partition coefficient (Wildman–Crippen LogP) is 1.49. The second-order valence-corrected chi connectivity index (χ2v) is 6.39. The van der Waals surface area contributed by atoms with Crippen LogP contribution in [-0.2, 0) is 13.1 Å². The highest BCUT2D eigenvalue weighted by Crippen LogP contribution is 2.24. The van der Waals surface area contributed by atoms with Crippen molar-refractivity contribution < 1.29 is 0 Å². The first-order chi connectivity index (χ1) is 8.35. The van der Waals surface area contributed by atoms with Crippen molar-refractivity contribution in [2.24, 2.45) is 5.73 Å². The van der Waals surface area contributed by atoms with E-state index in [1.54, 1.807) is 0 Å². The highest BCUT2D eigenvalue weighted by atomic mass is 32.1. The summed E-state index contributed by atoms with van der Waals surface area (Å²) in [6.07, 6.45) is 2.80. The SMILES string of the molecule is NCc1ccc(CN2CCN3CCCC3C2)s1. The Bertz CT molecular complexity index is 376. The molecule has 2 N–H and O–H groups in total. The van der Waals surface area contributed by atoms with Gasteiger partial charge in [-0.15, -0.1) is 11.3 Å². The van der Waals surface area contributed by atoms with Crippen LogP contribution in [0.25, 0.3) is 0 Å². The lowest BCUT2D eigenvalue weighted by atomic mass is 10.1. The summed E-state index contributed by atoms with van der Waals surface area (Å²) in [5.41, 5.74) is 5.66. The van der Waals surface area contributed by atoms with Gasteiger partial charge in [0.05, 0.1) is 0 Å². The summed E-state index contributed by atoms with van der Waals surface area (Å²) in [7, 11) is 0. The lowest BCUT2D eigenvalue weighted by Gasteiger charge is -2.37. The van der Waals surface area contributed by atoms with Crippen LogP contribution in [0.2, 0.25) is 0 Å². The fourth-order valence-electron chi connectivity index (χ4n) is 3.04. The average Bonchev–Trinajstić information content (AvgIpc) is 2.96. The second kappa shape index (κ2) is 5.06. The highest BCUT2D eigenvalue weighted by Gasteiger charge is 2.30. The molecule has 4 heteroatoms. The molecule has 3 heterocycles. The Morgan fingerprint density at radius 1 is 1.24 bits per heavy atom. The second-order valence-electron chi connectivity index (χ2n) is 5.14. The molecule has 0 saturated carbocycles. The molecule has 0 spiro atoms. The number of nitrogens with two attached hydrogens (primary N) is 1. The van der Waals surface area contributed by atoms with Gasteiger partial charge >= 0.3 is 0 Å². The highest BCUT2D eigenvalue weighted by molar-refractivity contribution is 7.11. The van der Waals surface area contributed by atoms with Crippen LogP contribution in [0.15, 0.2) is 12.1 Å². The van der Waals surface area contributed by atoms with Crippen molar-refractivity contribution in [3.63, 3.8) is 0 Å². The third-order valence-electron chi connectivity index (χ3n) is 3.97. The van der Waals surface area contributed by atoms with Crippen LogP contribution in [0.5, 0.6) is 0 Å². The van der Waals surface area contributed by atoms with Crippen molar-refractivity contribution in [1.29, 1.82) is 0 Å². The monoisotopic (exact) mass is 251 g/mol. The van der Waals surface area contributed by atoms with Crippen molar-refractivity contribution in [3.05, 3.63) is 21.9 Å². The number of piperazine rings is 1. The first kappa shape index (κ1) is 11.7. The van der Waals surface area contributed by atoms with Crippen molar-refractivity contribution >= 4 is 11.3 Å². The van der Waals surface area contributed by atoms with Crippen molar-refractivity contribution in [2.75, 3.05) is 26.2 Å². The van der Waals surface area contributed by atoms with Crippen LogP contribution in [0.4, 0.5) is 0 Å². The van der Waals surface area contributed by atoms with Gasteiger partial charge in [0.15, 0.2) is 0 Å². The van der Waals surface area contributed by atoms with E-state index in [9.17, 15) is 0 Å². The van der Waals surface area contributed by atoms with Crippen LogP contribution in [-0.4, -0.2) is 42.0 Å². The Morgan fingerprint density at radius 3 is 2.94 bits per heavy atom. The largest absolute Gasteiger partial charge is 0.326 e. The molecule has 0 amide bonds. The number of nitrogens with zero attached hydrogens (tertiary/aromatic N) is 2. The summed E-state index contributed by atoms with van der Waals surface area (Å²) in [6.45, 7) is 6.88. The van der Waals surface area contributed by atoms with Gasteiger partial charge in [-0.3, -0.25) is 9.80 Å². The summed E-state index contributed by atoms with van der Waals surface area (Å²) in [4.78, 5) is 8.05. The first-order valence-corrected chi connectivity index (χ1v) is 7.41. The molecule has 17 heavy (non-hydrogen) atoms. The molecular weight excluding hydrogens is 230 g/mol. The van der Waals surface area contributed by atoms with Gasteiger partial charge in [0.1, 0.15) is 0 Å². The maximum absolute atomic E-state index is 5.66. The molecule has 94 valence electrons. The van der Waals surface area contributed by atoms with Gasteiger partial charge in [0.25, 0.3) is 0 Å². The number of thiophene rings is 1. The van der Waals surface area contributed by atoms with Gasteiger partial charge in [-0.1, -0.05) is 0 Å².